The van der Waals surface area contributed by atoms with Crippen LogP contribution in [0, 0.1) is 0 Å². The summed E-state index contributed by atoms with van der Waals surface area (Å²) in [4.78, 5) is 0. The Bertz CT molecular complexity index is 31.0. The van der Waals surface area contributed by atoms with E-state index in [1.54, 1.807) is 0 Å². The summed E-state index contributed by atoms with van der Waals surface area (Å²) in [5, 5.41) is 0. The van der Waals surface area contributed by atoms with Crippen LogP contribution in [-0.4, -0.2) is 13.8 Å². The molecular formula is CH3BPS. The molecule has 1 radical (unpaired) electrons. The SMILES string of the molecule is [B]=[P+](C)[S-]. The van der Waals surface area contributed by atoms with Gasteiger partial charge >= 0.3 is 32.7 Å². The summed E-state index contributed by atoms with van der Waals surface area (Å²) in [5.74, 6) is 0. The van der Waals surface area contributed by atoms with E-state index in [-0.39, 0.29) is 0 Å². The first-order chi connectivity index (χ1) is 1.73. The van der Waals surface area contributed by atoms with Crippen molar-refractivity contribution in [2.24, 2.45) is 0 Å². The van der Waals surface area contributed by atoms with Gasteiger partial charge in [0.15, 0.2) is 0 Å². The topological polar surface area (TPSA) is 0 Å². The molecule has 0 saturated carbocycles. The van der Waals surface area contributed by atoms with Gasteiger partial charge in [0.1, 0.15) is 0 Å². The van der Waals surface area contributed by atoms with Crippen molar-refractivity contribution < 1.29 is 0 Å². The predicted molar refractivity (Wildman–Crippen MR) is 26.0 cm³/mol. The van der Waals surface area contributed by atoms with Crippen LogP contribution in [0.15, 0.2) is 0 Å². The van der Waals surface area contributed by atoms with Gasteiger partial charge in [-0.1, -0.05) is 0 Å². The molecule has 0 aliphatic heterocycles. The van der Waals surface area contributed by atoms with Crippen LogP contribution in [-0.2, 0) is 12.2 Å². The van der Waals surface area contributed by atoms with Crippen LogP contribution in [0.3, 0.4) is 0 Å². The first kappa shape index (κ1) is 4.71. The zero-order chi connectivity index (χ0) is 3.58. The van der Waals surface area contributed by atoms with Gasteiger partial charge in [0.05, 0.1) is 0 Å². The Hall–Kier alpha value is 0.715. The molecule has 0 spiro atoms. The van der Waals surface area contributed by atoms with E-state index in [2.05, 4.69) is 12.2 Å². The van der Waals surface area contributed by atoms with Gasteiger partial charge in [-0.2, -0.15) is 0 Å². The maximum atomic E-state index is 4.99. The summed E-state index contributed by atoms with van der Waals surface area (Å²) in [5.41, 5.74) is 0. The molecule has 1 unspecified atom stereocenters. The summed E-state index contributed by atoms with van der Waals surface area (Å²) in [7, 11) is 4.99. The Balaban J connectivity index is 2.80. The van der Waals surface area contributed by atoms with Crippen LogP contribution >= 0.6 is 6.61 Å². The molecule has 0 heterocycles. The Labute approximate surface area is 33.5 Å². The fourth-order valence-electron chi connectivity index (χ4n) is 0. The van der Waals surface area contributed by atoms with Crippen molar-refractivity contribution in [2.75, 3.05) is 6.66 Å². The second kappa shape index (κ2) is 1.98. The normalized spacial score (nSPS) is 10.8. The third-order valence-electron chi connectivity index (χ3n) is 0. The van der Waals surface area contributed by atoms with Crippen LogP contribution in [0.1, 0.15) is 0 Å². The van der Waals surface area contributed by atoms with E-state index < -0.39 is 6.61 Å². The van der Waals surface area contributed by atoms with E-state index in [1.165, 1.54) is 0 Å². The molecule has 4 heavy (non-hydrogen) atoms. The van der Waals surface area contributed by atoms with E-state index >= 15 is 0 Å². The third-order valence-corrected chi connectivity index (χ3v) is 0. The molecule has 0 aromatic rings. The Morgan fingerprint density at radius 2 is 2.00 bits per heavy atom. The average molecular weight is 88.9 g/mol. The molecule has 0 bridgehead atoms. The number of hydrogen-bond acceptors (Lipinski definition) is 1. The molecule has 3 heteroatoms. The molecule has 0 fully saturated rings. The van der Waals surface area contributed by atoms with Gasteiger partial charge in [0.2, 0.25) is 0 Å². The maximum absolute atomic E-state index is 4.99. The van der Waals surface area contributed by atoms with Gasteiger partial charge in [-0.25, -0.2) is 0 Å². The quantitative estimate of drug-likeness (QED) is 0.238. The van der Waals surface area contributed by atoms with Gasteiger partial charge in [0, 0.05) is 0 Å². The second-order valence-electron chi connectivity index (χ2n) is 0.546. The molecule has 21 valence electrons. The molecule has 0 N–H and O–H groups in total. The van der Waals surface area contributed by atoms with E-state index in [1.807, 2.05) is 6.66 Å². The van der Waals surface area contributed by atoms with Crippen molar-refractivity contribution in [3.63, 3.8) is 0 Å². The first-order valence-corrected chi connectivity index (χ1v) is 3.76. The van der Waals surface area contributed by atoms with Gasteiger partial charge < -0.3 is 0 Å². The van der Waals surface area contributed by atoms with Crippen molar-refractivity contribution >= 4 is 26.0 Å². The minimum absolute atomic E-state index is 0.537. The third kappa shape index (κ3) is 15.6. The number of rotatable bonds is 0. The standard InChI is InChI=1S/CH3BPS/c1-3(2)4/h1H3. The molecule has 0 aliphatic carbocycles. The van der Waals surface area contributed by atoms with E-state index in [0.717, 1.165) is 0 Å². The van der Waals surface area contributed by atoms with E-state index in [0.29, 0.717) is 0 Å². The van der Waals surface area contributed by atoms with Crippen LogP contribution in [0.4, 0.5) is 0 Å². The van der Waals surface area contributed by atoms with Crippen molar-refractivity contribution in [2.45, 2.75) is 0 Å². The minimum atomic E-state index is -0.537. The zero-order valence-electron chi connectivity index (χ0n) is 2.43. The molecule has 0 saturated heterocycles. The summed E-state index contributed by atoms with van der Waals surface area (Å²) in [6.07, 6.45) is 0. The molecule has 0 aromatic heterocycles. The van der Waals surface area contributed by atoms with Crippen molar-refractivity contribution in [1.29, 1.82) is 0 Å². The average Bonchev–Trinajstić information content (AvgIpc) is 0.811. The van der Waals surface area contributed by atoms with Gasteiger partial charge in [-0.05, 0) is 0 Å². The second-order valence-corrected chi connectivity index (χ2v) is 3.37. The van der Waals surface area contributed by atoms with Gasteiger partial charge in [0.25, 0.3) is 0 Å². The van der Waals surface area contributed by atoms with Crippen molar-refractivity contribution in [3.8, 4) is 0 Å². The summed E-state index contributed by atoms with van der Waals surface area (Å²) < 4.78 is 0. The molecule has 0 aromatic carbocycles. The van der Waals surface area contributed by atoms with Crippen LogP contribution in [0.5, 0.6) is 0 Å². The molecule has 0 aliphatic rings. The van der Waals surface area contributed by atoms with Crippen LogP contribution in [0.25, 0.3) is 0 Å². The summed E-state index contributed by atoms with van der Waals surface area (Å²) in [6, 6.07) is 0. The van der Waals surface area contributed by atoms with Crippen LogP contribution < -0.4 is 0 Å². The van der Waals surface area contributed by atoms with Gasteiger partial charge in [-0.3, -0.25) is 0 Å². The molecule has 0 rings (SSSR count). The van der Waals surface area contributed by atoms with Crippen molar-refractivity contribution in [1.82, 2.24) is 0 Å². The Kier molecular flexibility index (Phi) is 2.34. The summed E-state index contributed by atoms with van der Waals surface area (Å²) >= 11 is 4.46. The van der Waals surface area contributed by atoms with Crippen LogP contribution in [0.2, 0.25) is 0 Å². The van der Waals surface area contributed by atoms with Crippen molar-refractivity contribution in [3.05, 3.63) is 0 Å². The number of hydrogen-bond donors (Lipinski definition) is 0. The Morgan fingerprint density at radius 1 is 2.00 bits per heavy atom. The Morgan fingerprint density at radius 3 is 2.00 bits per heavy atom. The molecule has 0 nitrogen and oxygen atoms in total. The fraction of sp³-hybridized carbons (Fsp3) is 1.00. The first-order valence-electron chi connectivity index (χ1n) is 0.888. The summed E-state index contributed by atoms with van der Waals surface area (Å²) in [6.45, 7) is 1.29. The zero-order valence-corrected chi connectivity index (χ0v) is 4.14. The fourth-order valence-corrected chi connectivity index (χ4v) is 0. The van der Waals surface area contributed by atoms with E-state index in [9.17, 15) is 0 Å². The molecule has 1 atom stereocenters. The van der Waals surface area contributed by atoms with E-state index in [4.69, 9.17) is 7.18 Å². The predicted octanol–water partition coefficient (Wildman–Crippen LogP) is 0.643. The molecule has 0 amide bonds. The monoisotopic (exact) mass is 89.0 g/mol. The molecular weight excluding hydrogens is 85.9 g/mol. The van der Waals surface area contributed by atoms with Gasteiger partial charge in [-0.15, -0.1) is 0 Å².